The summed E-state index contributed by atoms with van der Waals surface area (Å²) in [6.45, 7) is 1.78. The number of aryl methyl sites for hydroxylation is 2. The molecule has 0 aliphatic heterocycles. The van der Waals surface area contributed by atoms with E-state index in [-0.39, 0.29) is 17.3 Å². The van der Waals surface area contributed by atoms with E-state index in [9.17, 15) is 9.59 Å². The summed E-state index contributed by atoms with van der Waals surface area (Å²) in [6.07, 6.45) is 1.97. The van der Waals surface area contributed by atoms with Gasteiger partial charge in [0.2, 0.25) is 0 Å². The minimum Gasteiger partial charge on any atom is -0.297 e. The molecule has 0 aliphatic rings. The number of nitrogens with one attached hydrogen (secondary N) is 1. The molecule has 2 rings (SSSR count). The first-order chi connectivity index (χ1) is 8.49. The molecule has 2 aromatic rings. The number of halogens is 1. The summed E-state index contributed by atoms with van der Waals surface area (Å²) in [7, 11) is 1.75. The lowest BCUT2D eigenvalue weighted by atomic mass is 10.3. The van der Waals surface area contributed by atoms with Crippen LogP contribution in [0.1, 0.15) is 11.4 Å². The van der Waals surface area contributed by atoms with E-state index in [0.717, 1.165) is 4.57 Å². The van der Waals surface area contributed by atoms with Crippen LogP contribution < -0.4 is 11.2 Å². The van der Waals surface area contributed by atoms with Gasteiger partial charge in [0, 0.05) is 25.6 Å². The van der Waals surface area contributed by atoms with Crippen molar-refractivity contribution in [3.63, 3.8) is 0 Å². The fraction of sp³-hybridized carbons (Fsp3) is 0.400. The van der Waals surface area contributed by atoms with Crippen LogP contribution in [0.3, 0.4) is 0 Å². The zero-order chi connectivity index (χ0) is 13.3. The van der Waals surface area contributed by atoms with E-state index in [1.54, 1.807) is 25.0 Å². The third-order valence-corrected chi connectivity index (χ3v) is 2.94. The van der Waals surface area contributed by atoms with Crippen LogP contribution in [0.2, 0.25) is 5.15 Å². The largest absolute Gasteiger partial charge is 0.329 e. The molecule has 0 aromatic carbocycles. The van der Waals surface area contributed by atoms with E-state index in [1.165, 1.54) is 0 Å². The number of aromatic nitrogens is 5. The van der Waals surface area contributed by atoms with Crippen LogP contribution in [0.4, 0.5) is 0 Å². The zero-order valence-corrected chi connectivity index (χ0v) is 10.7. The van der Waals surface area contributed by atoms with E-state index in [0.29, 0.717) is 17.8 Å². The average Bonchev–Trinajstić information content (AvgIpc) is 2.72. The summed E-state index contributed by atoms with van der Waals surface area (Å²) in [5, 5.41) is 4.16. The monoisotopic (exact) mass is 269 g/mol. The maximum absolute atomic E-state index is 11.8. The van der Waals surface area contributed by atoms with Crippen LogP contribution in [0.15, 0.2) is 15.9 Å². The first-order valence-corrected chi connectivity index (χ1v) is 5.70. The summed E-state index contributed by atoms with van der Waals surface area (Å²) in [5.74, 6) is 0.580. The average molecular weight is 270 g/mol. The molecular formula is C10H12ClN5O2. The third kappa shape index (κ3) is 2.35. The fourth-order valence-corrected chi connectivity index (χ4v) is 1.72. The normalized spacial score (nSPS) is 10.8. The number of rotatable bonds is 3. The summed E-state index contributed by atoms with van der Waals surface area (Å²) in [5.41, 5.74) is -0.587. The van der Waals surface area contributed by atoms with Gasteiger partial charge in [0.1, 0.15) is 11.5 Å². The lowest BCUT2D eigenvalue weighted by Crippen LogP contribution is -2.37. The van der Waals surface area contributed by atoms with E-state index < -0.39 is 5.69 Å². The maximum atomic E-state index is 11.8. The van der Waals surface area contributed by atoms with Gasteiger partial charge >= 0.3 is 5.69 Å². The topological polar surface area (TPSA) is 85.6 Å². The Morgan fingerprint density at radius 1 is 1.44 bits per heavy atom. The predicted octanol–water partition coefficient (Wildman–Crippen LogP) is -0.130. The SMILES string of the molecule is Cc1c(Cl)[nH]c(=O)n(CCc2ncn(C)n2)c1=O. The van der Waals surface area contributed by atoms with Crippen molar-refractivity contribution >= 4 is 11.6 Å². The van der Waals surface area contributed by atoms with Gasteiger partial charge in [-0.2, -0.15) is 5.10 Å². The predicted molar refractivity (Wildman–Crippen MR) is 65.8 cm³/mol. The summed E-state index contributed by atoms with van der Waals surface area (Å²) in [4.78, 5) is 29.9. The third-order valence-electron chi connectivity index (χ3n) is 2.56. The highest BCUT2D eigenvalue weighted by Crippen LogP contribution is 2.03. The van der Waals surface area contributed by atoms with Crippen LogP contribution in [-0.2, 0) is 20.0 Å². The molecule has 2 aromatic heterocycles. The number of aromatic amines is 1. The van der Waals surface area contributed by atoms with Crippen molar-refractivity contribution in [2.75, 3.05) is 0 Å². The molecule has 0 saturated heterocycles. The molecule has 0 unspecified atom stereocenters. The molecule has 0 spiro atoms. The smallest absolute Gasteiger partial charge is 0.297 e. The standard InChI is InChI=1S/C10H12ClN5O2/c1-6-8(11)13-10(18)16(9(6)17)4-3-7-12-5-15(2)14-7/h5H,3-4H2,1-2H3,(H,13,18). The van der Waals surface area contributed by atoms with Gasteiger partial charge in [-0.25, -0.2) is 9.78 Å². The first-order valence-electron chi connectivity index (χ1n) is 5.33. The van der Waals surface area contributed by atoms with E-state index in [4.69, 9.17) is 11.6 Å². The molecule has 96 valence electrons. The second-order valence-electron chi connectivity index (χ2n) is 3.91. The molecule has 0 saturated carbocycles. The maximum Gasteiger partial charge on any atom is 0.329 e. The Kier molecular flexibility index (Phi) is 3.33. The van der Waals surface area contributed by atoms with Gasteiger partial charge in [0.25, 0.3) is 5.56 Å². The molecule has 0 aliphatic carbocycles. The minimum atomic E-state index is -0.522. The van der Waals surface area contributed by atoms with Crippen LogP contribution in [0.5, 0.6) is 0 Å². The van der Waals surface area contributed by atoms with Crippen molar-refractivity contribution in [2.24, 2.45) is 7.05 Å². The van der Waals surface area contributed by atoms with Crippen molar-refractivity contribution in [3.8, 4) is 0 Å². The van der Waals surface area contributed by atoms with Crippen molar-refractivity contribution in [3.05, 3.63) is 43.7 Å². The van der Waals surface area contributed by atoms with Gasteiger partial charge in [0.15, 0.2) is 5.82 Å². The quantitative estimate of drug-likeness (QED) is 0.787. The summed E-state index contributed by atoms with van der Waals surface area (Å²) >= 11 is 5.71. The number of hydrogen-bond donors (Lipinski definition) is 1. The van der Waals surface area contributed by atoms with Gasteiger partial charge in [-0.3, -0.25) is 19.0 Å². The number of nitrogens with zero attached hydrogens (tertiary/aromatic N) is 4. The highest BCUT2D eigenvalue weighted by atomic mass is 35.5. The van der Waals surface area contributed by atoms with Crippen LogP contribution in [0.25, 0.3) is 0 Å². The van der Waals surface area contributed by atoms with Gasteiger partial charge in [-0.15, -0.1) is 0 Å². The first kappa shape index (κ1) is 12.6. The molecule has 18 heavy (non-hydrogen) atoms. The number of hydrogen-bond acceptors (Lipinski definition) is 4. The van der Waals surface area contributed by atoms with Crippen LogP contribution in [0, 0.1) is 6.92 Å². The Labute approximate surface area is 107 Å². The molecule has 0 bridgehead atoms. The lowest BCUT2D eigenvalue weighted by Gasteiger charge is -2.04. The molecule has 1 N–H and O–H groups in total. The molecule has 0 atom stereocenters. The molecular weight excluding hydrogens is 258 g/mol. The van der Waals surface area contributed by atoms with Crippen molar-refractivity contribution < 1.29 is 0 Å². The van der Waals surface area contributed by atoms with Gasteiger partial charge in [-0.1, -0.05) is 11.6 Å². The molecule has 0 fully saturated rings. The van der Waals surface area contributed by atoms with Gasteiger partial charge in [0.05, 0.1) is 0 Å². The van der Waals surface area contributed by atoms with Crippen molar-refractivity contribution in [1.29, 1.82) is 0 Å². The molecule has 0 radical (unpaired) electrons. The van der Waals surface area contributed by atoms with Crippen LogP contribution in [-0.4, -0.2) is 24.3 Å². The Bertz CT molecular complexity index is 684. The minimum absolute atomic E-state index is 0.0808. The molecule has 2 heterocycles. The Hall–Kier alpha value is -1.89. The summed E-state index contributed by atoms with van der Waals surface area (Å²) in [6, 6.07) is 0. The second kappa shape index (κ2) is 4.77. The van der Waals surface area contributed by atoms with Gasteiger partial charge in [-0.05, 0) is 6.92 Å². The van der Waals surface area contributed by atoms with Crippen molar-refractivity contribution in [1.82, 2.24) is 24.3 Å². The molecule has 7 nitrogen and oxygen atoms in total. The Balaban J connectivity index is 2.28. The molecule has 8 heteroatoms. The van der Waals surface area contributed by atoms with Crippen LogP contribution >= 0.6 is 11.6 Å². The van der Waals surface area contributed by atoms with Gasteiger partial charge < -0.3 is 0 Å². The second-order valence-corrected chi connectivity index (χ2v) is 4.29. The van der Waals surface area contributed by atoms with E-state index >= 15 is 0 Å². The number of H-pyrrole nitrogens is 1. The zero-order valence-electron chi connectivity index (χ0n) is 9.97. The highest BCUT2D eigenvalue weighted by Gasteiger charge is 2.09. The van der Waals surface area contributed by atoms with E-state index in [2.05, 4.69) is 15.1 Å². The Morgan fingerprint density at radius 3 is 2.78 bits per heavy atom. The molecule has 0 amide bonds. The highest BCUT2D eigenvalue weighted by molar-refractivity contribution is 6.30. The Morgan fingerprint density at radius 2 is 2.17 bits per heavy atom. The van der Waals surface area contributed by atoms with Crippen molar-refractivity contribution in [2.45, 2.75) is 19.9 Å². The summed E-state index contributed by atoms with van der Waals surface area (Å²) < 4.78 is 2.66. The lowest BCUT2D eigenvalue weighted by molar-refractivity contribution is 0.604. The fourth-order valence-electron chi connectivity index (χ4n) is 1.56. The van der Waals surface area contributed by atoms with E-state index in [1.807, 2.05) is 0 Å².